The zero-order valence-electron chi connectivity index (χ0n) is 14.6. The van der Waals surface area contributed by atoms with E-state index in [4.69, 9.17) is 6.42 Å². The summed E-state index contributed by atoms with van der Waals surface area (Å²) in [5.74, 6) is 3.53. The van der Waals surface area contributed by atoms with Gasteiger partial charge in [0.15, 0.2) is 0 Å². The first-order chi connectivity index (χ1) is 10.8. The molecule has 0 bridgehead atoms. The highest BCUT2D eigenvalue weighted by Crippen LogP contribution is 2.35. The number of nitrogens with zero attached hydrogens (tertiary/aromatic N) is 1. The number of terminal acetylenes is 1. The first-order valence-corrected chi connectivity index (χ1v) is 9.41. The van der Waals surface area contributed by atoms with Crippen molar-refractivity contribution in [3.63, 3.8) is 0 Å². The van der Waals surface area contributed by atoms with E-state index in [-0.39, 0.29) is 0 Å². The zero-order valence-corrected chi connectivity index (χ0v) is 14.6. The maximum absolute atomic E-state index is 5.46. The Kier molecular flexibility index (Phi) is 7.72. The van der Waals surface area contributed by atoms with Crippen LogP contribution in [0.5, 0.6) is 0 Å². The molecule has 1 aliphatic carbocycles. The average Bonchev–Trinajstić information content (AvgIpc) is 2.55. The molecule has 3 unspecified atom stereocenters. The summed E-state index contributed by atoms with van der Waals surface area (Å²) >= 11 is 0. The number of hydrogen-bond acceptors (Lipinski definition) is 3. The molecule has 3 heteroatoms. The third-order valence-electron chi connectivity index (χ3n) is 5.71. The van der Waals surface area contributed by atoms with Crippen LogP contribution in [0.3, 0.4) is 0 Å². The van der Waals surface area contributed by atoms with Gasteiger partial charge in [-0.15, -0.1) is 6.42 Å². The summed E-state index contributed by atoms with van der Waals surface area (Å²) in [6, 6.07) is 2.16. The molecule has 2 rings (SSSR count). The SMILES string of the molecule is C#CCNC(CCCNCC)C1CN(C2CCCCC2)C1C. The Labute approximate surface area is 137 Å². The van der Waals surface area contributed by atoms with E-state index < -0.39 is 0 Å². The second-order valence-electron chi connectivity index (χ2n) is 7.08. The highest BCUT2D eigenvalue weighted by Gasteiger charge is 2.43. The van der Waals surface area contributed by atoms with E-state index in [0.717, 1.165) is 31.1 Å². The van der Waals surface area contributed by atoms with Crippen LogP contribution < -0.4 is 10.6 Å². The average molecular weight is 306 g/mol. The third kappa shape index (κ3) is 4.72. The van der Waals surface area contributed by atoms with E-state index in [1.54, 1.807) is 0 Å². The summed E-state index contributed by atoms with van der Waals surface area (Å²) < 4.78 is 0. The molecule has 1 saturated carbocycles. The molecular formula is C19H35N3. The van der Waals surface area contributed by atoms with Gasteiger partial charge in [0.1, 0.15) is 0 Å². The van der Waals surface area contributed by atoms with Crippen LogP contribution in [0.15, 0.2) is 0 Å². The molecule has 3 nitrogen and oxygen atoms in total. The Morgan fingerprint density at radius 1 is 1.27 bits per heavy atom. The van der Waals surface area contributed by atoms with Gasteiger partial charge in [-0.25, -0.2) is 0 Å². The predicted molar refractivity (Wildman–Crippen MR) is 94.9 cm³/mol. The van der Waals surface area contributed by atoms with Gasteiger partial charge in [0.2, 0.25) is 0 Å². The minimum absolute atomic E-state index is 0.588. The highest BCUT2D eigenvalue weighted by atomic mass is 15.3. The summed E-state index contributed by atoms with van der Waals surface area (Å²) in [6.45, 7) is 8.77. The minimum atomic E-state index is 0.588. The topological polar surface area (TPSA) is 27.3 Å². The molecule has 0 radical (unpaired) electrons. The zero-order chi connectivity index (χ0) is 15.8. The predicted octanol–water partition coefficient (Wildman–Crippen LogP) is 2.62. The molecule has 1 heterocycles. The Bertz CT molecular complexity index is 343. The maximum Gasteiger partial charge on any atom is 0.0576 e. The highest BCUT2D eigenvalue weighted by molar-refractivity contribution is 5.00. The van der Waals surface area contributed by atoms with Crippen LogP contribution in [-0.4, -0.2) is 49.2 Å². The molecule has 0 aromatic rings. The fourth-order valence-corrected chi connectivity index (χ4v) is 4.31. The monoisotopic (exact) mass is 305 g/mol. The van der Waals surface area contributed by atoms with E-state index in [9.17, 15) is 0 Å². The number of nitrogens with one attached hydrogen (secondary N) is 2. The van der Waals surface area contributed by atoms with Gasteiger partial charge in [0.25, 0.3) is 0 Å². The van der Waals surface area contributed by atoms with Gasteiger partial charge in [0.05, 0.1) is 6.54 Å². The largest absolute Gasteiger partial charge is 0.317 e. The molecule has 22 heavy (non-hydrogen) atoms. The van der Waals surface area contributed by atoms with Crippen molar-refractivity contribution in [3.05, 3.63) is 0 Å². The van der Waals surface area contributed by atoms with Crippen molar-refractivity contribution in [1.29, 1.82) is 0 Å². The van der Waals surface area contributed by atoms with Crippen molar-refractivity contribution in [2.24, 2.45) is 5.92 Å². The lowest BCUT2D eigenvalue weighted by atomic mass is 9.78. The Morgan fingerprint density at radius 3 is 2.68 bits per heavy atom. The smallest absolute Gasteiger partial charge is 0.0576 e. The summed E-state index contributed by atoms with van der Waals surface area (Å²) in [4.78, 5) is 2.76. The molecule has 1 aliphatic heterocycles. The lowest BCUT2D eigenvalue weighted by Gasteiger charge is -2.54. The van der Waals surface area contributed by atoms with E-state index in [2.05, 4.69) is 35.3 Å². The minimum Gasteiger partial charge on any atom is -0.317 e. The van der Waals surface area contributed by atoms with Gasteiger partial charge >= 0.3 is 0 Å². The van der Waals surface area contributed by atoms with Gasteiger partial charge in [-0.2, -0.15) is 0 Å². The second-order valence-corrected chi connectivity index (χ2v) is 7.08. The molecule has 3 atom stereocenters. The summed E-state index contributed by atoms with van der Waals surface area (Å²) in [5.41, 5.74) is 0. The molecule has 2 aliphatic rings. The molecule has 0 aromatic carbocycles. The van der Waals surface area contributed by atoms with E-state index in [1.807, 2.05) is 0 Å². The van der Waals surface area contributed by atoms with Crippen LogP contribution in [0.25, 0.3) is 0 Å². The van der Waals surface area contributed by atoms with E-state index in [1.165, 1.54) is 51.5 Å². The lowest BCUT2D eigenvalue weighted by Crippen LogP contribution is -2.64. The van der Waals surface area contributed by atoms with Crippen LogP contribution in [0.4, 0.5) is 0 Å². The summed E-state index contributed by atoms with van der Waals surface area (Å²) in [7, 11) is 0. The Morgan fingerprint density at radius 2 is 2.05 bits per heavy atom. The van der Waals surface area contributed by atoms with Crippen molar-refractivity contribution in [1.82, 2.24) is 15.5 Å². The number of rotatable bonds is 9. The molecule has 0 amide bonds. The standard InChI is InChI=1S/C19H35N3/c1-4-13-21-19(12-9-14-20-5-2)18-15-22(16(18)3)17-10-7-6-8-11-17/h1,16-21H,5-15H2,2-3H3. The summed E-state index contributed by atoms with van der Waals surface area (Å²) in [5, 5.41) is 7.04. The van der Waals surface area contributed by atoms with Crippen molar-refractivity contribution >= 4 is 0 Å². The first-order valence-electron chi connectivity index (χ1n) is 9.41. The molecule has 2 N–H and O–H groups in total. The van der Waals surface area contributed by atoms with Crippen LogP contribution in [0.1, 0.15) is 58.8 Å². The van der Waals surface area contributed by atoms with Gasteiger partial charge in [-0.1, -0.05) is 32.1 Å². The second kappa shape index (κ2) is 9.55. The number of hydrogen-bond donors (Lipinski definition) is 2. The van der Waals surface area contributed by atoms with Crippen LogP contribution in [0.2, 0.25) is 0 Å². The third-order valence-corrected chi connectivity index (χ3v) is 5.71. The van der Waals surface area contributed by atoms with Crippen LogP contribution >= 0.6 is 0 Å². The van der Waals surface area contributed by atoms with Crippen molar-refractivity contribution in [2.75, 3.05) is 26.2 Å². The molecule has 126 valence electrons. The van der Waals surface area contributed by atoms with E-state index in [0.29, 0.717) is 12.6 Å². The Balaban J connectivity index is 1.79. The quantitative estimate of drug-likeness (QED) is 0.506. The van der Waals surface area contributed by atoms with Gasteiger partial charge in [-0.3, -0.25) is 4.90 Å². The molecule has 1 saturated heterocycles. The van der Waals surface area contributed by atoms with Crippen LogP contribution in [0, 0.1) is 18.3 Å². The molecule has 0 spiro atoms. The lowest BCUT2D eigenvalue weighted by molar-refractivity contribution is -0.0417. The van der Waals surface area contributed by atoms with Crippen molar-refractivity contribution < 1.29 is 0 Å². The van der Waals surface area contributed by atoms with Crippen molar-refractivity contribution in [3.8, 4) is 12.3 Å². The molecule has 0 aromatic heterocycles. The molecule has 2 fully saturated rings. The number of likely N-dealkylation sites (tertiary alicyclic amines) is 1. The normalized spacial score (nSPS) is 28.0. The van der Waals surface area contributed by atoms with Gasteiger partial charge in [-0.05, 0) is 45.7 Å². The summed E-state index contributed by atoms with van der Waals surface area (Å²) in [6.07, 6.45) is 15.1. The Hall–Kier alpha value is -0.560. The fourth-order valence-electron chi connectivity index (χ4n) is 4.31. The van der Waals surface area contributed by atoms with Gasteiger partial charge in [0, 0.05) is 30.6 Å². The van der Waals surface area contributed by atoms with Crippen LogP contribution in [-0.2, 0) is 0 Å². The first kappa shape index (κ1) is 17.8. The molecular weight excluding hydrogens is 270 g/mol. The fraction of sp³-hybridized carbons (Fsp3) is 0.895. The van der Waals surface area contributed by atoms with E-state index >= 15 is 0 Å². The van der Waals surface area contributed by atoms with Gasteiger partial charge < -0.3 is 10.6 Å². The van der Waals surface area contributed by atoms with Crippen molar-refractivity contribution in [2.45, 2.75) is 76.9 Å². The maximum atomic E-state index is 5.46.